The number of hydrogen-bond donors (Lipinski definition) is 3. The number of ether oxygens (including phenoxy) is 3. The molecule has 0 bridgehead atoms. The number of phenols is 1. The summed E-state index contributed by atoms with van der Waals surface area (Å²) in [6.45, 7) is 1.70. The van der Waals surface area contributed by atoms with Crippen LogP contribution in [0.5, 0.6) is 23.0 Å². The predicted molar refractivity (Wildman–Crippen MR) is 164 cm³/mol. The molecule has 0 unspecified atom stereocenters. The van der Waals surface area contributed by atoms with E-state index in [1.165, 1.54) is 18.2 Å². The molecule has 222 valence electrons. The molecule has 0 aliphatic rings. The van der Waals surface area contributed by atoms with Crippen molar-refractivity contribution in [2.24, 2.45) is 0 Å². The molecule has 0 aromatic heterocycles. The second-order valence-corrected chi connectivity index (χ2v) is 9.48. The van der Waals surface area contributed by atoms with E-state index in [0.29, 0.717) is 61.7 Å². The van der Waals surface area contributed by atoms with Crippen molar-refractivity contribution in [3.63, 3.8) is 0 Å². The van der Waals surface area contributed by atoms with Gasteiger partial charge in [0.2, 0.25) is 0 Å². The Morgan fingerprint density at radius 2 is 1.23 bits per heavy atom. The van der Waals surface area contributed by atoms with Crippen molar-refractivity contribution in [2.75, 3.05) is 26.4 Å². The average Bonchev–Trinajstić information content (AvgIpc) is 3.05. The minimum Gasteiger partial charge on any atom is -0.504 e. The van der Waals surface area contributed by atoms with Crippen LogP contribution in [-0.2, 0) is 6.61 Å². The number of phenolic OH excluding ortho intramolecular Hbond substituents is 1. The van der Waals surface area contributed by atoms with E-state index in [-0.39, 0.29) is 19.0 Å². The van der Waals surface area contributed by atoms with E-state index in [2.05, 4.69) is 6.07 Å². The fourth-order valence-corrected chi connectivity index (χ4v) is 3.94. The summed E-state index contributed by atoms with van der Waals surface area (Å²) in [4.78, 5) is 0. The first-order chi connectivity index (χ1) is 21.1. The van der Waals surface area contributed by atoms with Gasteiger partial charge in [-0.2, -0.15) is 10.5 Å². The molecule has 8 heteroatoms. The molecule has 0 radical (unpaired) electrons. The molecule has 3 N–H and O–H groups in total. The van der Waals surface area contributed by atoms with Gasteiger partial charge < -0.3 is 29.5 Å². The van der Waals surface area contributed by atoms with Crippen LogP contribution < -0.4 is 14.2 Å². The summed E-state index contributed by atoms with van der Waals surface area (Å²) in [5, 5.41) is 44.7. The van der Waals surface area contributed by atoms with Crippen LogP contribution in [0.2, 0.25) is 0 Å². The molecular formula is C35H36N2O6. The molecule has 0 saturated carbocycles. The molecule has 0 saturated heterocycles. The predicted octanol–water partition coefficient (Wildman–Crippen LogP) is 6.37. The fourth-order valence-electron chi connectivity index (χ4n) is 3.94. The summed E-state index contributed by atoms with van der Waals surface area (Å²) in [7, 11) is 0. The fraction of sp³-hybridized carbons (Fsp3) is 0.257. The Kier molecular flexibility index (Phi) is 13.9. The van der Waals surface area contributed by atoms with Gasteiger partial charge in [-0.1, -0.05) is 42.5 Å². The summed E-state index contributed by atoms with van der Waals surface area (Å²) >= 11 is 0. The van der Waals surface area contributed by atoms with Gasteiger partial charge in [-0.3, -0.25) is 0 Å². The van der Waals surface area contributed by atoms with Crippen LogP contribution in [-0.4, -0.2) is 41.7 Å². The van der Waals surface area contributed by atoms with Gasteiger partial charge in [0.15, 0.2) is 11.5 Å². The molecular weight excluding hydrogens is 544 g/mol. The number of hydrogen-bond acceptors (Lipinski definition) is 8. The maximum Gasteiger partial charge on any atom is 0.162 e. The van der Waals surface area contributed by atoms with E-state index in [0.717, 1.165) is 28.9 Å². The van der Waals surface area contributed by atoms with Gasteiger partial charge in [0, 0.05) is 24.8 Å². The van der Waals surface area contributed by atoms with Gasteiger partial charge in [-0.15, -0.1) is 0 Å². The summed E-state index contributed by atoms with van der Waals surface area (Å²) in [6.07, 6.45) is 2.83. The normalized spacial score (nSPS) is 10.0. The highest BCUT2D eigenvalue weighted by atomic mass is 16.5. The quantitative estimate of drug-likeness (QED) is 0.146. The Balaban J connectivity index is 0.000000285. The first-order valence-corrected chi connectivity index (χ1v) is 14.1. The first-order valence-electron chi connectivity index (χ1n) is 14.1. The topological polar surface area (TPSA) is 136 Å². The Hall–Kier alpha value is -5.02. The third-order valence-electron chi connectivity index (χ3n) is 6.21. The minimum absolute atomic E-state index is 0.0259. The number of aromatic hydroxyl groups is 1. The minimum atomic E-state index is 0.0259. The Bertz CT molecular complexity index is 1490. The molecule has 0 atom stereocenters. The van der Waals surface area contributed by atoms with Gasteiger partial charge >= 0.3 is 0 Å². The highest BCUT2D eigenvalue weighted by Gasteiger charge is 2.10. The van der Waals surface area contributed by atoms with Gasteiger partial charge in [-0.25, -0.2) is 0 Å². The van der Waals surface area contributed by atoms with E-state index in [9.17, 15) is 10.4 Å². The maximum absolute atomic E-state index is 9.40. The summed E-state index contributed by atoms with van der Waals surface area (Å²) in [6, 6.07) is 31.9. The zero-order chi connectivity index (χ0) is 30.7. The van der Waals surface area contributed by atoms with Crippen molar-refractivity contribution in [3.8, 4) is 46.3 Å². The lowest BCUT2D eigenvalue weighted by molar-refractivity contribution is 0.248. The number of benzene rings is 4. The SMILES string of the molecule is N#Cc1ccc(-c2cccc(OCc3ccccc3)c2)c(OCCCCO)c1.N#Cc1ccc(O)c(OCCCCO)c1. The van der Waals surface area contributed by atoms with Crippen molar-refractivity contribution < 1.29 is 29.5 Å². The first kappa shape index (κ1) is 32.5. The number of aliphatic hydroxyl groups excluding tert-OH is 2. The average molecular weight is 581 g/mol. The third kappa shape index (κ3) is 11.1. The molecule has 4 rings (SSSR count). The lowest BCUT2D eigenvalue weighted by Gasteiger charge is -2.13. The number of nitrogens with zero attached hydrogens (tertiary/aromatic N) is 2. The number of nitriles is 2. The molecule has 0 amide bonds. The highest BCUT2D eigenvalue weighted by molar-refractivity contribution is 5.72. The highest BCUT2D eigenvalue weighted by Crippen LogP contribution is 2.33. The molecule has 43 heavy (non-hydrogen) atoms. The summed E-state index contributed by atoms with van der Waals surface area (Å²) < 4.78 is 17.1. The molecule has 0 aliphatic carbocycles. The van der Waals surface area contributed by atoms with E-state index in [4.69, 9.17) is 29.7 Å². The van der Waals surface area contributed by atoms with Crippen molar-refractivity contribution in [2.45, 2.75) is 32.3 Å². The van der Waals surface area contributed by atoms with Crippen LogP contribution in [0, 0.1) is 22.7 Å². The van der Waals surface area contributed by atoms with E-state index >= 15 is 0 Å². The van der Waals surface area contributed by atoms with Crippen LogP contribution in [0.1, 0.15) is 42.4 Å². The third-order valence-corrected chi connectivity index (χ3v) is 6.21. The van der Waals surface area contributed by atoms with Crippen molar-refractivity contribution >= 4 is 0 Å². The molecule has 4 aromatic carbocycles. The van der Waals surface area contributed by atoms with E-state index in [1.807, 2.05) is 66.7 Å². The number of unbranched alkanes of at least 4 members (excludes halogenated alkanes) is 2. The lowest BCUT2D eigenvalue weighted by atomic mass is 10.0. The van der Waals surface area contributed by atoms with Crippen molar-refractivity contribution in [1.29, 1.82) is 10.5 Å². The molecule has 8 nitrogen and oxygen atoms in total. The zero-order valence-electron chi connectivity index (χ0n) is 24.0. The largest absolute Gasteiger partial charge is 0.504 e. The molecule has 4 aromatic rings. The zero-order valence-corrected chi connectivity index (χ0v) is 24.0. The van der Waals surface area contributed by atoms with Gasteiger partial charge in [0.05, 0.1) is 36.5 Å². The van der Waals surface area contributed by atoms with E-state index < -0.39 is 0 Å². The van der Waals surface area contributed by atoms with Crippen LogP contribution in [0.3, 0.4) is 0 Å². The molecule has 0 heterocycles. The lowest BCUT2D eigenvalue weighted by Crippen LogP contribution is -2.00. The second kappa shape index (κ2) is 18.4. The second-order valence-electron chi connectivity index (χ2n) is 9.48. The Labute approximate surface area is 252 Å². The van der Waals surface area contributed by atoms with Gasteiger partial charge in [-0.05, 0) is 79.3 Å². The molecule has 0 fully saturated rings. The Morgan fingerprint density at radius 3 is 1.88 bits per heavy atom. The van der Waals surface area contributed by atoms with Crippen LogP contribution in [0.4, 0.5) is 0 Å². The standard InChI is InChI=1S/C24H23NO3.C11H13NO3/c25-17-20-11-12-23(24(15-20)27-14-5-4-13-26)21-9-6-10-22(16-21)28-18-19-7-2-1-3-8-19;12-8-9-3-4-10(14)11(7-9)15-6-2-1-5-13/h1-3,6-12,15-16,26H,4-5,13-14,18H2;3-4,7,13-14H,1-2,5-6H2. The van der Waals surface area contributed by atoms with Crippen molar-refractivity contribution in [1.82, 2.24) is 0 Å². The van der Waals surface area contributed by atoms with Crippen LogP contribution >= 0.6 is 0 Å². The van der Waals surface area contributed by atoms with E-state index in [1.54, 1.807) is 12.1 Å². The smallest absolute Gasteiger partial charge is 0.162 e. The van der Waals surface area contributed by atoms with Crippen molar-refractivity contribution in [3.05, 3.63) is 108 Å². The number of rotatable bonds is 14. The monoisotopic (exact) mass is 580 g/mol. The number of aliphatic hydroxyl groups is 2. The summed E-state index contributed by atoms with van der Waals surface area (Å²) in [5.74, 6) is 1.78. The molecule has 0 aliphatic heterocycles. The molecule has 0 spiro atoms. The van der Waals surface area contributed by atoms with Crippen LogP contribution in [0.15, 0.2) is 91.0 Å². The Morgan fingerprint density at radius 1 is 0.605 bits per heavy atom. The van der Waals surface area contributed by atoms with Gasteiger partial charge in [0.25, 0.3) is 0 Å². The maximum atomic E-state index is 9.40. The van der Waals surface area contributed by atoms with Crippen LogP contribution in [0.25, 0.3) is 11.1 Å². The summed E-state index contributed by atoms with van der Waals surface area (Å²) in [5.41, 5.74) is 3.99. The van der Waals surface area contributed by atoms with Gasteiger partial charge in [0.1, 0.15) is 18.1 Å².